The van der Waals surface area contributed by atoms with Crippen molar-refractivity contribution in [2.45, 2.75) is 44.3 Å². The van der Waals surface area contributed by atoms with Gasteiger partial charge in [0.2, 0.25) is 11.8 Å². The Labute approximate surface area is 181 Å². The first kappa shape index (κ1) is 21.9. The van der Waals surface area contributed by atoms with Crippen molar-refractivity contribution in [3.63, 3.8) is 0 Å². The van der Waals surface area contributed by atoms with Crippen molar-refractivity contribution in [3.8, 4) is 5.75 Å². The monoisotopic (exact) mass is 425 g/mol. The highest BCUT2D eigenvalue weighted by Crippen LogP contribution is 2.31. The van der Waals surface area contributed by atoms with Crippen LogP contribution in [0.1, 0.15) is 39.0 Å². The number of amides is 2. The van der Waals surface area contributed by atoms with Crippen LogP contribution >= 0.6 is 11.8 Å². The third-order valence-corrected chi connectivity index (χ3v) is 5.71. The Bertz CT molecular complexity index is 884. The fourth-order valence-electron chi connectivity index (χ4n) is 3.18. The predicted octanol–water partition coefficient (Wildman–Crippen LogP) is 4.66. The number of carbonyl (C=O) groups is 2. The number of anilines is 1. The van der Waals surface area contributed by atoms with Gasteiger partial charge in [0.05, 0.1) is 18.0 Å². The van der Waals surface area contributed by atoms with E-state index in [4.69, 9.17) is 10.5 Å². The number of imide groups is 1. The zero-order valence-corrected chi connectivity index (χ0v) is 17.9. The van der Waals surface area contributed by atoms with E-state index in [0.29, 0.717) is 18.0 Å². The van der Waals surface area contributed by atoms with E-state index in [9.17, 15) is 9.59 Å². The van der Waals surface area contributed by atoms with E-state index in [1.807, 2.05) is 30.3 Å². The fraction of sp³-hybridized carbons (Fsp3) is 0.348. The summed E-state index contributed by atoms with van der Waals surface area (Å²) in [7, 11) is 0. The van der Waals surface area contributed by atoms with Gasteiger partial charge >= 0.3 is 0 Å². The van der Waals surface area contributed by atoms with Gasteiger partial charge in [-0.1, -0.05) is 56.1 Å². The van der Waals surface area contributed by atoms with E-state index in [2.05, 4.69) is 11.9 Å². The lowest BCUT2D eigenvalue weighted by Gasteiger charge is -2.15. The van der Waals surface area contributed by atoms with Gasteiger partial charge in [0.15, 0.2) is 5.17 Å². The Morgan fingerprint density at radius 1 is 1.10 bits per heavy atom. The number of hydrogen-bond donors (Lipinski definition) is 1. The second-order valence-electron chi connectivity index (χ2n) is 7.07. The van der Waals surface area contributed by atoms with Crippen molar-refractivity contribution in [3.05, 3.63) is 54.6 Å². The number of rotatable bonds is 9. The molecule has 1 heterocycles. The molecule has 2 N–H and O–H groups in total. The Balaban J connectivity index is 1.58. The number of aliphatic imine (C=N–C) groups is 1. The molecule has 7 heteroatoms. The van der Waals surface area contributed by atoms with Crippen LogP contribution in [0.5, 0.6) is 5.75 Å². The van der Waals surface area contributed by atoms with Gasteiger partial charge in [-0.25, -0.2) is 9.89 Å². The van der Waals surface area contributed by atoms with E-state index in [0.717, 1.165) is 30.4 Å². The molecule has 2 aromatic rings. The summed E-state index contributed by atoms with van der Waals surface area (Å²) in [6.07, 6.45) is 4.67. The lowest BCUT2D eigenvalue weighted by Crippen LogP contribution is -2.31. The summed E-state index contributed by atoms with van der Waals surface area (Å²) < 4.78 is 5.73. The van der Waals surface area contributed by atoms with Crippen LogP contribution in [-0.2, 0) is 9.59 Å². The second kappa shape index (κ2) is 10.8. The number of ether oxygens (including phenoxy) is 1. The third-order valence-electron chi connectivity index (χ3n) is 4.73. The van der Waals surface area contributed by atoms with Gasteiger partial charge in [0, 0.05) is 6.42 Å². The standard InChI is InChI=1S/C23H27N3O3S/c1-2-3-4-8-15-29-19-13-11-18(12-14-19)26-21(27)16-20(22(26)28)30-23(24)25-17-9-6-5-7-10-17/h5-7,9-14,20H,2-4,8,15-16H2,1H3,(H2,24,25)/t20-/m1/s1. The van der Waals surface area contributed by atoms with Crippen LogP contribution in [0.15, 0.2) is 59.6 Å². The topological polar surface area (TPSA) is 85.0 Å². The zero-order chi connectivity index (χ0) is 21.3. The maximum absolute atomic E-state index is 12.8. The molecule has 0 aromatic heterocycles. The number of thioether (sulfide) groups is 1. The molecule has 0 aliphatic carbocycles. The van der Waals surface area contributed by atoms with Crippen molar-refractivity contribution in [2.75, 3.05) is 11.5 Å². The van der Waals surface area contributed by atoms with Crippen LogP contribution in [-0.4, -0.2) is 28.8 Å². The van der Waals surface area contributed by atoms with Crippen LogP contribution in [0, 0.1) is 0 Å². The van der Waals surface area contributed by atoms with Gasteiger partial charge in [-0.05, 0) is 42.8 Å². The van der Waals surface area contributed by atoms with Crippen molar-refractivity contribution < 1.29 is 14.3 Å². The maximum atomic E-state index is 12.8. The number of amidine groups is 1. The smallest absolute Gasteiger partial charge is 0.247 e. The number of nitrogens with two attached hydrogens (primary N) is 1. The van der Waals surface area contributed by atoms with Crippen molar-refractivity contribution in [2.24, 2.45) is 10.7 Å². The molecule has 2 amide bonds. The SMILES string of the molecule is CCCCCCOc1ccc(N2C(=O)C[C@@H](SC(N)=Nc3ccccc3)C2=O)cc1. The Kier molecular flexibility index (Phi) is 7.90. The molecule has 1 fully saturated rings. The molecule has 0 unspecified atom stereocenters. The lowest BCUT2D eigenvalue weighted by atomic mass is 10.2. The average molecular weight is 426 g/mol. The molecule has 3 rings (SSSR count). The van der Waals surface area contributed by atoms with Crippen LogP contribution in [0.2, 0.25) is 0 Å². The molecule has 0 radical (unpaired) electrons. The number of para-hydroxylation sites is 1. The molecule has 1 aliphatic rings. The molecule has 1 saturated heterocycles. The van der Waals surface area contributed by atoms with Crippen LogP contribution in [0.3, 0.4) is 0 Å². The minimum Gasteiger partial charge on any atom is -0.494 e. The van der Waals surface area contributed by atoms with E-state index in [-0.39, 0.29) is 23.4 Å². The quantitative estimate of drug-likeness (QED) is 0.273. The first-order valence-corrected chi connectivity index (χ1v) is 11.1. The molecule has 1 aliphatic heterocycles. The number of benzene rings is 2. The minimum atomic E-state index is -0.570. The normalized spacial score (nSPS) is 16.9. The summed E-state index contributed by atoms with van der Waals surface area (Å²) >= 11 is 1.12. The van der Waals surface area contributed by atoms with Crippen LogP contribution < -0.4 is 15.4 Å². The number of unbranched alkanes of at least 4 members (excludes halogenated alkanes) is 3. The number of nitrogens with zero attached hydrogens (tertiary/aromatic N) is 2. The first-order chi connectivity index (χ1) is 14.6. The van der Waals surface area contributed by atoms with Gasteiger partial charge in [-0.2, -0.15) is 0 Å². The molecule has 0 saturated carbocycles. The van der Waals surface area contributed by atoms with Crippen molar-refractivity contribution >= 4 is 40.1 Å². The second-order valence-corrected chi connectivity index (χ2v) is 8.29. The highest BCUT2D eigenvalue weighted by atomic mass is 32.2. The Morgan fingerprint density at radius 2 is 1.83 bits per heavy atom. The van der Waals surface area contributed by atoms with E-state index in [1.54, 1.807) is 24.3 Å². The predicted molar refractivity (Wildman–Crippen MR) is 122 cm³/mol. The van der Waals surface area contributed by atoms with Crippen molar-refractivity contribution in [1.29, 1.82) is 0 Å². The lowest BCUT2D eigenvalue weighted by molar-refractivity contribution is -0.121. The van der Waals surface area contributed by atoms with Crippen molar-refractivity contribution in [1.82, 2.24) is 0 Å². The third kappa shape index (κ3) is 5.86. The fourth-order valence-corrected chi connectivity index (χ4v) is 4.06. The molecule has 0 spiro atoms. The van der Waals surface area contributed by atoms with Crippen LogP contribution in [0.25, 0.3) is 0 Å². The molecular formula is C23H27N3O3S. The first-order valence-electron chi connectivity index (χ1n) is 10.2. The molecular weight excluding hydrogens is 398 g/mol. The number of hydrogen-bond acceptors (Lipinski definition) is 5. The summed E-state index contributed by atoms with van der Waals surface area (Å²) in [6, 6.07) is 16.3. The van der Waals surface area contributed by atoms with E-state index >= 15 is 0 Å². The van der Waals surface area contributed by atoms with Gasteiger partial charge in [-0.15, -0.1) is 0 Å². The molecule has 158 valence electrons. The van der Waals surface area contributed by atoms with Gasteiger partial charge in [-0.3, -0.25) is 9.59 Å². The van der Waals surface area contributed by atoms with Crippen LogP contribution in [0.4, 0.5) is 11.4 Å². The largest absolute Gasteiger partial charge is 0.494 e. The number of carbonyl (C=O) groups excluding carboxylic acids is 2. The zero-order valence-electron chi connectivity index (χ0n) is 17.1. The average Bonchev–Trinajstić information content (AvgIpc) is 3.02. The van der Waals surface area contributed by atoms with Gasteiger partial charge < -0.3 is 10.5 Å². The minimum absolute atomic E-state index is 0.101. The molecule has 2 aromatic carbocycles. The molecule has 6 nitrogen and oxygen atoms in total. The Hall–Kier alpha value is -2.80. The molecule has 1 atom stereocenters. The van der Waals surface area contributed by atoms with Gasteiger partial charge in [0.1, 0.15) is 11.0 Å². The van der Waals surface area contributed by atoms with E-state index < -0.39 is 5.25 Å². The highest BCUT2D eigenvalue weighted by molar-refractivity contribution is 8.15. The summed E-state index contributed by atoms with van der Waals surface area (Å²) in [4.78, 5) is 30.8. The summed E-state index contributed by atoms with van der Waals surface area (Å²) in [6.45, 7) is 2.84. The summed E-state index contributed by atoms with van der Waals surface area (Å²) in [5, 5.41) is -0.305. The van der Waals surface area contributed by atoms with Gasteiger partial charge in [0.25, 0.3) is 0 Å². The highest BCUT2D eigenvalue weighted by Gasteiger charge is 2.40. The molecule has 0 bridgehead atoms. The van der Waals surface area contributed by atoms with E-state index in [1.165, 1.54) is 17.7 Å². The summed E-state index contributed by atoms with van der Waals surface area (Å²) in [5.74, 6) is 0.224. The Morgan fingerprint density at radius 3 is 2.53 bits per heavy atom. The summed E-state index contributed by atoms with van der Waals surface area (Å²) in [5.41, 5.74) is 7.24. The molecule has 30 heavy (non-hydrogen) atoms. The maximum Gasteiger partial charge on any atom is 0.247 e.